The molecule has 1 unspecified atom stereocenters. The van der Waals surface area contributed by atoms with Gasteiger partial charge in [0.2, 0.25) is 5.91 Å². The van der Waals surface area contributed by atoms with E-state index in [1.165, 1.54) is 4.90 Å². The highest BCUT2D eigenvalue weighted by Crippen LogP contribution is 2.16. The Balaban J connectivity index is 1.64. The van der Waals surface area contributed by atoms with Gasteiger partial charge >= 0.3 is 0 Å². The van der Waals surface area contributed by atoms with Gasteiger partial charge in [0, 0.05) is 17.2 Å². The van der Waals surface area contributed by atoms with Crippen molar-refractivity contribution in [3.8, 4) is 0 Å². The fourth-order valence-corrected chi connectivity index (χ4v) is 3.27. The molecular weight excluding hydrogens is 284 g/mol. The normalized spacial score (nSPS) is 19.1. The minimum Gasteiger partial charge on any atom is -0.354 e. The maximum absolute atomic E-state index is 11.9. The van der Waals surface area contributed by atoms with Crippen LogP contribution in [0, 0.1) is 0 Å². The Morgan fingerprint density at radius 1 is 1.33 bits per heavy atom. The molecule has 0 saturated carbocycles. The zero-order chi connectivity index (χ0) is 14.9. The van der Waals surface area contributed by atoms with Gasteiger partial charge in [-0.1, -0.05) is 24.6 Å². The van der Waals surface area contributed by atoms with Gasteiger partial charge in [0.1, 0.15) is 6.29 Å². The number of rotatable bonds is 7. The van der Waals surface area contributed by atoms with Crippen molar-refractivity contribution in [2.45, 2.75) is 30.2 Å². The molecule has 1 fully saturated rings. The molecular formula is C16H22N2O2S. The third-order valence-corrected chi connectivity index (χ3v) is 4.62. The average Bonchev–Trinajstić information content (AvgIpc) is 2.53. The van der Waals surface area contributed by atoms with Crippen LogP contribution in [0.2, 0.25) is 0 Å². The van der Waals surface area contributed by atoms with Crippen LogP contribution in [0.15, 0.2) is 35.2 Å². The van der Waals surface area contributed by atoms with Crippen molar-refractivity contribution in [1.82, 2.24) is 10.2 Å². The van der Waals surface area contributed by atoms with E-state index < -0.39 is 0 Å². The minimum atomic E-state index is -0.0804. The second-order valence-electron chi connectivity index (χ2n) is 5.18. The quantitative estimate of drug-likeness (QED) is 0.475. The van der Waals surface area contributed by atoms with Crippen molar-refractivity contribution in [3.63, 3.8) is 0 Å². The lowest BCUT2D eigenvalue weighted by atomic mass is 10.0. The molecule has 1 saturated heterocycles. The van der Waals surface area contributed by atoms with Crippen LogP contribution in [0.5, 0.6) is 0 Å². The predicted octanol–water partition coefficient (Wildman–Crippen LogP) is 1.95. The van der Waals surface area contributed by atoms with Gasteiger partial charge < -0.3 is 10.1 Å². The van der Waals surface area contributed by atoms with Crippen molar-refractivity contribution >= 4 is 24.0 Å². The summed E-state index contributed by atoms with van der Waals surface area (Å²) in [6.07, 6.45) is 4.00. The summed E-state index contributed by atoms with van der Waals surface area (Å²) in [4.78, 5) is 26.1. The third-order valence-electron chi connectivity index (χ3n) is 3.60. The topological polar surface area (TPSA) is 49.4 Å². The van der Waals surface area contributed by atoms with Crippen LogP contribution >= 0.6 is 11.8 Å². The predicted molar refractivity (Wildman–Crippen MR) is 85.5 cm³/mol. The molecule has 0 aliphatic carbocycles. The first kappa shape index (κ1) is 16.0. The van der Waals surface area contributed by atoms with E-state index in [1.807, 2.05) is 23.1 Å². The Hall–Kier alpha value is -1.33. The number of nitrogens with zero attached hydrogens (tertiary/aromatic N) is 1. The smallest absolute Gasteiger partial charge is 0.234 e. The van der Waals surface area contributed by atoms with Crippen molar-refractivity contribution in [2.75, 3.05) is 25.4 Å². The lowest BCUT2D eigenvalue weighted by Gasteiger charge is -2.31. The summed E-state index contributed by atoms with van der Waals surface area (Å²) < 4.78 is 0. The summed E-state index contributed by atoms with van der Waals surface area (Å²) in [5, 5.41) is 2.93. The lowest BCUT2D eigenvalue weighted by molar-refractivity contribution is -0.124. The maximum Gasteiger partial charge on any atom is 0.234 e. The van der Waals surface area contributed by atoms with Crippen LogP contribution in [-0.2, 0) is 9.59 Å². The number of benzene rings is 1. The Morgan fingerprint density at radius 2 is 2.14 bits per heavy atom. The summed E-state index contributed by atoms with van der Waals surface area (Å²) >= 11 is 1.73. The first-order chi connectivity index (χ1) is 10.3. The molecule has 114 valence electrons. The molecule has 1 aromatic rings. The molecule has 1 aliphatic rings. The average molecular weight is 306 g/mol. The molecule has 1 amide bonds. The molecule has 0 radical (unpaired) electrons. The summed E-state index contributed by atoms with van der Waals surface area (Å²) in [5.41, 5.74) is 0. The summed E-state index contributed by atoms with van der Waals surface area (Å²) in [5.74, 6) is 0.866. The van der Waals surface area contributed by atoms with E-state index in [0.29, 0.717) is 13.1 Å². The Labute approximate surface area is 130 Å². The zero-order valence-corrected chi connectivity index (χ0v) is 13.0. The van der Waals surface area contributed by atoms with E-state index in [4.69, 9.17) is 0 Å². The molecule has 1 N–H and O–H groups in total. The van der Waals surface area contributed by atoms with E-state index in [-0.39, 0.29) is 11.9 Å². The second-order valence-corrected chi connectivity index (χ2v) is 6.35. The van der Waals surface area contributed by atoms with Crippen molar-refractivity contribution < 1.29 is 9.59 Å². The molecule has 5 heteroatoms. The molecule has 1 aliphatic heterocycles. The van der Waals surface area contributed by atoms with E-state index in [2.05, 4.69) is 17.4 Å². The Bertz CT molecular complexity index is 453. The van der Waals surface area contributed by atoms with Gasteiger partial charge in [0.05, 0.1) is 12.6 Å². The highest BCUT2D eigenvalue weighted by Gasteiger charge is 2.23. The monoisotopic (exact) mass is 306 g/mol. The number of hydrogen-bond acceptors (Lipinski definition) is 4. The van der Waals surface area contributed by atoms with Crippen LogP contribution in [0.4, 0.5) is 0 Å². The molecule has 1 heterocycles. The molecule has 1 atom stereocenters. The van der Waals surface area contributed by atoms with Gasteiger partial charge in [0.15, 0.2) is 0 Å². The van der Waals surface area contributed by atoms with Gasteiger partial charge in [-0.3, -0.25) is 9.69 Å². The summed E-state index contributed by atoms with van der Waals surface area (Å²) in [6, 6.07) is 10.1. The number of likely N-dealkylation sites (tertiary alicyclic amines) is 1. The van der Waals surface area contributed by atoms with Gasteiger partial charge in [-0.15, -0.1) is 11.8 Å². The zero-order valence-electron chi connectivity index (χ0n) is 12.2. The highest BCUT2D eigenvalue weighted by molar-refractivity contribution is 7.99. The van der Waals surface area contributed by atoms with Crippen molar-refractivity contribution in [3.05, 3.63) is 30.3 Å². The number of amides is 1. The second kappa shape index (κ2) is 8.85. The number of piperidine rings is 1. The van der Waals surface area contributed by atoms with E-state index >= 15 is 0 Å². The summed E-state index contributed by atoms with van der Waals surface area (Å²) in [6.45, 7) is 1.83. The number of nitrogens with one attached hydrogen (secondary N) is 1. The van der Waals surface area contributed by atoms with Crippen LogP contribution in [0.1, 0.15) is 19.3 Å². The number of aldehydes is 1. The minimum absolute atomic E-state index is 0.0115. The fourth-order valence-electron chi connectivity index (χ4n) is 2.48. The standard InChI is InChI=1S/C16H22N2O2S/c19-13-14-6-4-5-10-18(14)12-16(20)17-9-11-21-15-7-2-1-3-8-15/h1-3,7-8,13-14H,4-6,9-12H2,(H,17,20). The number of hydrogen-bond donors (Lipinski definition) is 1. The third kappa shape index (κ3) is 5.52. The molecule has 4 nitrogen and oxygen atoms in total. The Morgan fingerprint density at radius 3 is 2.90 bits per heavy atom. The molecule has 21 heavy (non-hydrogen) atoms. The van der Waals surface area contributed by atoms with Gasteiger partial charge in [0.25, 0.3) is 0 Å². The van der Waals surface area contributed by atoms with E-state index in [9.17, 15) is 9.59 Å². The van der Waals surface area contributed by atoms with Crippen LogP contribution < -0.4 is 5.32 Å². The van der Waals surface area contributed by atoms with Crippen LogP contribution in [0.25, 0.3) is 0 Å². The van der Waals surface area contributed by atoms with Crippen molar-refractivity contribution in [2.24, 2.45) is 0 Å². The molecule has 0 bridgehead atoms. The largest absolute Gasteiger partial charge is 0.354 e. The number of carbonyl (C=O) groups is 2. The molecule has 0 spiro atoms. The Kier molecular flexibility index (Phi) is 6.76. The fraction of sp³-hybridized carbons (Fsp3) is 0.500. The van der Waals surface area contributed by atoms with E-state index in [1.54, 1.807) is 11.8 Å². The number of carbonyl (C=O) groups excluding carboxylic acids is 2. The van der Waals surface area contributed by atoms with Gasteiger partial charge in [-0.05, 0) is 31.5 Å². The lowest BCUT2D eigenvalue weighted by Crippen LogP contribution is -2.46. The highest BCUT2D eigenvalue weighted by atomic mass is 32.2. The molecule has 1 aromatic carbocycles. The molecule has 2 rings (SSSR count). The van der Waals surface area contributed by atoms with Crippen LogP contribution in [0.3, 0.4) is 0 Å². The van der Waals surface area contributed by atoms with E-state index in [0.717, 1.165) is 37.8 Å². The first-order valence-electron chi connectivity index (χ1n) is 7.43. The SMILES string of the molecule is O=CC1CCCCN1CC(=O)NCCSc1ccccc1. The number of thioether (sulfide) groups is 1. The first-order valence-corrected chi connectivity index (χ1v) is 8.42. The maximum atomic E-state index is 11.9. The van der Waals surface area contributed by atoms with Crippen LogP contribution in [-0.4, -0.2) is 48.5 Å². The molecule has 0 aromatic heterocycles. The summed E-state index contributed by atoms with van der Waals surface area (Å²) in [7, 11) is 0. The van der Waals surface area contributed by atoms with Crippen molar-refractivity contribution in [1.29, 1.82) is 0 Å². The van der Waals surface area contributed by atoms with Gasteiger partial charge in [-0.2, -0.15) is 0 Å². The van der Waals surface area contributed by atoms with Gasteiger partial charge in [-0.25, -0.2) is 0 Å².